The number of hydrogen-bond donors (Lipinski definition) is 3. The summed E-state index contributed by atoms with van der Waals surface area (Å²) in [6.45, 7) is 0. The summed E-state index contributed by atoms with van der Waals surface area (Å²) in [6.07, 6.45) is 6.22. The van der Waals surface area contributed by atoms with Crippen LogP contribution in [0.2, 0.25) is 0 Å². The minimum Gasteiger partial charge on any atom is -0.508 e. The van der Waals surface area contributed by atoms with Crippen molar-refractivity contribution in [2.45, 2.75) is 12.8 Å². The number of nitrogens with zero attached hydrogens (tertiary/aromatic N) is 1. The van der Waals surface area contributed by atoms with Gasteiger partial charge in [0, 0.05) is 17.7 Å². The van der Waals surface area contributed by atoms with E-state index < -0.39 is 5.91 Å². The molecule has 0 radical (unpaired) electrons. The van der Waals surface area contributed by atoms with E-state index in [2.05, 4.69) is 22.7 Å². The van der Waals surface area contributed by atoms with Crippen LogP contribution in [0.4, 0.5) is 0 Å². The maximum atomic E-state index is 11.8. The summed E-state index contributed by atoms with van der Waals surface area (Å²) in [5.74, 6) is 0.205. The number of phenols is 2. The Balaban J connectivity index is 1.67. The Hall–Kier alpha value is -2.30. The Labute approximate surface area is 110 Å². The lowest BCUT2D eigenvalue weighted by Crippen LogP contribution is -2.35. The SMILES string of the molecule is O=C(N/N=C1/C[C@@H]2C=CC[C@@H]12)c1ccc(O)cc1O. The zero-order valence-corrected chi connectivity index (χ0v) is 10.2. The topological polar surface area (TPSA) is 81.9 Å². The number of rotatable bonds is 2. The average Bonchev–Trinajstić information content (AvgIpc) is 2.71. The molecule has 1 fully saturated rings. The number of phenolic OH excluding ortho intramolecular Hbond substituents is 2. The molecule has 3 N–H and O–H groups in total. The minimum atomic E-state index is -0.473. The van der Waals surface area contributed by atoms with Gasteiger partial charge in [-0.25, -0.2) is 5.43 Å². The predicted octanol–water partition coefficient (Wildman–Crippen LogP) is 1.78. The van der Waals surface area contributed by atoms with Gasteiger partial charge in [0.15, 0.2) is 0 Å². The number of carbonyl (C=O) groups is 1. The van der Waals surface area contributed by atoms with Crippen LogP contribution in [-0.2, 0) is 0 Å². The van der Waals surface area contributed by atoms with Gasteiger partial charge in [-0.3, -0.25) is 4.79 Å². The maximum Gasteiger partial charge on any atom is 0.275 e. The molecule has 98 valence electrons. The molecule has 0 aliphatic heterocycles. The smallest absolute Gasteiger partial charge is 0.275 e. The van der Waals surface area contributed by atoms with Gasteiger partial charge in [0.2, 0.25) is 0 Å². The third-order valence-corrected chi connectivity index (χ3v) is 3.69. The fraction of sp³-hybridized carbons (Fsp3) is 0.286. The maximum absolute atomic E-state index is 11.8. The molecule has 0 spiro atoms. The Morgan fingerprint density at radius 2 is 2.21 bits per heavy atom. The van der Waals surface area contributed by atoms with E-state index in [1.807, 2.05) is 0 Å². The van der Waals surface area contributed by atoms with Crippen LogP contribution >= 0.6 is 0 Å². The van der Waals surface area contributed by atoms with E-state index >= 15 is 0 Å². The summed E-state index contributed by atoms with van der Waals surface area (Å²) in [5, 5.41) is 22.8. The van der Waals surface area contributed by atoms with Crippen LogP contribution < -0.4 is 5.43 Å². The summed E-state index contributed by atoms with van der Waals surface area (Å²) < 4.78 is 0. The molecular weight excluding hydrogens is 244 g/mol. The standard InChI is InChI=1S/C14H14N2O3/c17-9-4-5-11(13(18)7-9)14(19)16-15-12-6-8-2-1-3-10(8)12/h1-2,4-5,7-8,10,17-18H,3,6H2,(H,16,19)/b15-12-/t8-,10+/m0/s1. The van der Waals surface area contributed by atoms with E-state index in [9.17, 15) is 9.90 Å². The molecular formula is C14H14N2O3. The van der Waals surface area contributed by atoms with Crippen molar-refractivity contribution in [1.82, 2.24) is 5.43 Å². The zero-order valence-electron chi connectivity index (χ0n) is 10.2. The van der Waals surface area contributed by atoms with Crippen molar-refractivity contribution in [1.29, 1.82) is 0 Å². The zero-order chi connectivity index (χ0) is 13.4. The van der Waals surface area contributed by atoms with Gasteiger partial charge in [0.25, 0.3) is 5.91 Å². The molecule has 1 amide bonds. The van der Waals surface area contributed by atoms with Crippen molar-refractivity contribution in [2.75, 3.05) is 0 Å². The summed E-state index contributed by atoms with van der Waals surface area (Å²) >= 11 is 0. The second-order valence-electron chi connectivity index (χ2n) is 4.88. The molecule has 2 atom stereocenters. The summed E-state index contributed by atoms with van der Waals surface area (Å²) in [7, 11) is 0. The summed E-state index contributed by atoms with van der Waals surface area (Å²) in [6, 6.07) is 3.84. The van der Waals surface area contributed by atoms with Crippen molar-refractivity contribution >= 4 is 11.6 Å². The fourth-order valence-electron chi connectivity index (χ4n) is 2.56. The molecule has 5 nitrogen and oxygen atoms in total. The van der Waals surface area contributed by atoms with Crippen LogP contribution in [-0.4, -0.2) is 21.8 Å². The molecule has 0 unspecified atom stereocenters. The van der Waals surface area contributed by atoms with Crippen LogP contribution in [0.15, 0.2) is 35.5 Å². The van der Waals surface area contributed by atoms with Gasteiger partial charge in [-0.05, 0) is 30.9 Å². The molecule has 19 heavy (non-hydrogen) atoms. The Morgan fingerprint density at radius 3 is 2.95 bits per heavy atom. The monoisotopic (exact) mass is 258 g/mol. The highest BCUT2D eigenvalue weighted by atomic mass is 16.3. The quantitative estimate of drug-likeness (QED) is 0.558. The van der Waals surface area contributed by atoms with E-state index in [0.717, 1.165) is 24.6 Å². The van der Waals surface area contributed by atoms with Crippen LogP contribution in [0.3, 0.4) is 0 Å². The van der Waals surface area contributed by atoms with E-state index in [1.54, 1.807) is 0 Å². The van der Waals surface area contributed by atoms with Gasteiger partial charge >= 0.3 is 0 Å². The number of aromatic hydroxyl groups is 2. The number of allylic oxidation sites excluding steroid dienone is 2. The van der Waals surface area contributed by atoms with Crippen LogP contribution in [0.5, 0.6) is 11.5 Å². The minimum absolute atomic E-state index is 0.0840. The fourth-order valence-corrected chi connectivity index (χ4v) is 2.56. The Kier molecular flexibility index (Phi) is 2.74. The van der Waals surface area contributed by atoms with E-state index in [-0.39, 0.29) is 17.1 Å². The van der Waals surface area contributed by atoms with E-state index in [4.69, 9.17) is 5.11 Å². The molecule has 1 aromatic carbocycles. The van der Waals surface area contributed by atoms with Crippen molar-refractivity contribution < 1.29 is 15.0 Å². The highest BCUT2D eigenvalue weighted by Crippen LogP contribution is 2.40. The van der Waals surface area contributed by atoms with Gasteiger partial charge < -0.3 is 10.2 Å². The van der Waals surface area contributed by atoms with Gasteiger partial charge in [-0.15, -0.1) is 0 Å². The Morgan fingerprint density at radius 1 is 1.37 bits per heavy atom. The lowest BCUT2D eigenvalue weighted by atomic mass is 9.74. The first kappa shape index (κ1) is 11.8. The molecule has 5 heteroatoms. The Bertz CT molecular complexity index is 592. The van der Waals surface area contributed by atoms with Gasteiger partial charge in [0.1, 0.15) is 11.5 Å². The summed E-state index contributed by atoms with van der Waals surface area (Å²) in [4.78, 5) is 11.8. The van der Waals surface area contributed by atoms with Gasteiger partial charge in [-0.1, -0.05) is 12.2 Å². The van der Waals surface area contributed by atoms with Crippen LogP contribution in [0.1, 0.15) is 23.2 Å². The third-order valence-electron chi connectivity index (χ3n) is 3.69. The number of benzene rings is 1. The van der Waals surface area contributed by atoms with Crippen molar-refractivity contribution in [2.24, 2.45) is 16.9 Å². The normalized spacial score (nSPS) is 26.0. The van der Waals surface area contributed by atoms with Gasteiger partial charge in [0.05, 0.1) is 5.56 Å². The van der Waals surface area contributed by atoms with E-state index in [1.165, 1.54) is 12.1 Å². The summed E-state index contributed by atoms with van der Waals surface area (Å²) in [5.41, 5.74) is 3.55. The third kappa shape index (κ3) is 2.07. The van der Waals surface area contributed by atoms with Crippen molar-refractivity contribution in [3.63, 3.8) is 0 Å². The first-order valence-corrected chi connectivity index (χ1v) is 6.20. The van der Waals surface area contributed by atoms with E-state index in [0.29, 0.717) is 11.8 Å². The largest absolute Gasteiger partial charge is 0.508 e. The molecule has 0 bridgehead atoms. The lowest BCUT2D eigenvalue weighted by Gasteiger charge is -2.31. The number of amides is 1. The second kappa shape index (κ2) is 4.42. The molecule has 1 saturated carbocycles. The van der Waals surface area contributed by atoms with Crippen LogP contribution in [0, 0.1) is 11.8 Å². The number of hydrazone groups is 1. The number of fused-ring (bicyclic) bond motifs is 1. The number of carbonyl (C=O) groups excluding carboxylic acids is 1. The molecule has 2 aliphatic carbocycles. The lowest BCUT2D eigenvalue weighted by molar-refractivity contribution is 0.0951. The van der Waals surface area contributed by atoms with Crippen LogP contribution in [0.25, 0.3) is 0 Å². The van der Waals surface area contributed by atoms with Gasteiger partial charge in [-0.2, -0.15) is 5.10 Å². The molecule has 0 heterocycles. The van der Waals surface area contributed by atoms with Crippen molar-refractivity contribution in [3.8, 4) is 11.5 Å². The predicted molar refractivity (Wildman–Crippen MR) is 70.0 cm³/mol. The highest BCUT2D eigenvalue weighted by Gasteiger charge is 2.38. The molecule has 3 rings (SSSR count). The number of hydrogen-bond acceptors (Lipinski definition) is 4. The first-order valence-electron chi connectivity index (χ1n) is 6.20. The molecule has 1 aromatic rings. The van der Waals surface area contributed by atoms with Crippen molar-refractivity contribution in [3.05, 3.63) is 35.9 Å². The highest BCUT2D eigenvalue weighted by molar-refractivity contribution is 5.99. The molecule has 2 aliphatic rings. The first-order chi connectivity index (χ1) is 9.15. The number of nitrogens with one attached hydrogen (secondary N) is 1. The molecule has 0 aromatic heterocycles. The molecule has 0 saturated heterocycles. The second-order valence-corrected chi connectivity index (χ2v) is 4.88. The average molecular weight is 258 g/mol.